The van der Waals surface area contributed by atoms with Crippen molar-refractivity contribution in [2.45, 2.75) is 38.9 Å². The van der Waals surface area contributed by atoms with Gasteiger partial charge >= 0.3 is 0 Å². The minimum atomic E-state index is -0.0796. The molecule has 0 spiro atoms. The number of hydrogen-bond acceptors (Lipinski definition) is 4. The number of carbonyl (C=O) groups is 2. The standard InChI is InChI=1S/C17H20N4O2S/c22-16(13-4-7-24-11-13)18-9-14-8-15-10-20(5-6-21(15)19-14)17(23)12-2-1-3-12/h4,7-8,11-12H,1-3,5-6,9-10H2,(H,18,22). The van der Waals surface area contributed by atoms with Gasteiger partial charge in [0.1, 0.15) is 0 Å². The van der Waals surface area contributed by atoms with Crippen molar-refractivity contribution in [3.8, 4) is 0 Å². The third-order valence-corrected chi connectivity index (χ3v) is 5.51. The highest BCUT2D eigenvalue weighted by Gasteiger charge is 2.31. The molecule has 0 atom stereocenters. The molecule has 1 saturated carbocycles. The summed E-state index contributed by atoms with van der Waals surface area (Å²) in [4.78, 5) is 26.3. The lowest BCUT2D eigenvalue weighted by atomic mass is 9.84. The second-order valence-corrected chi connectivity index (χ2v) is 7.21. The summed E-state index contributed by atoms with van der Waals surface area (Å²) in [5.74, 6) is 0.453. The van der Waals surface area contributed by atoms with Crippen molar-refractivity contribution in [2.75, 3.05) is 6.54 Å². The third kappa shape index (κ3) is 2.96. The monoisotopic (exact) mass is 344 g/mol. The van der Waals surface area contributed by atoms with E-state index >= 15 is 0 Å². The molecule has 2 aromatic heterocycles. The van der Waals surface area contributed by atoms with Gasteiger partial charge in [0.15, 0.2) is 0 Å². The molecule has 6 nitrogen and oxygen atoms in total. The molecule has 0 bridgehead atoms. The molecule has 2 aromatic rings. The van der Waals surface area contributed by atoms with Gasteiger partial charge in [0.05, 0.1) is 31.0 Å². The van der Waals surface area contributed by atoms with Gasteiger partial charge in [-0.1, -0.05) is 6.42 Å². The van der Waals surface area contributed by atoms with E-state index in [-0.39, 0.29) is 11.8 Å². The number of hydrogen-bond donors (Lipinski definition) is 1. The molecule has 4 rings (SSSR count). The first-order valence-corrected chi connectivity index (χ1v) is 9.30. The van der Waals surface area contributed by atoms with Gasteiger partial charge < -0.3 is 10.2 Å². The van der Waals surface area contributed by atoms with E-state index in [1.807, 2.05) is 32.5 Å². The Morgan fingerprint density at radius 1 is 1.33 bits per heavy atom. The molecular formula is C17H20N4O2S. The zero-order chi connectivity index (χ0) is 16.5. The van der Waals surface area contributed by atoms with Crippen LogP contribution in [-0.4, -0.2) is 33.0 Å². The molecule has 1 N–H and O–H groups in total. The predicted octanol–water partition coefficient (Wildman–Crippen LogP) is 2.02. The quantitative estimate of drug-likeness (QED) is 0.923. The van der Waals surface area contributed by atoms with E-state index in [4.69, 9.17) is 0 Å². The molecular weight excluding hydrogens is 324 g/mol. The van der Waals surface area contributed by atoms with Gasteiger partial charge in [0, 0.05) is 23.4 Å². The van der Waals surface area contributed by atoms with Crippen LogP contribution in [-0.2, 0) is 24.4 Å². The third-order valence-electron chi connectivity index (χ3n) is 4.83. The van der Waals surface area contributed by atoms with E-state index in [1.54, 1.807) is 0 Å². The van der Waals surface area contributed by atoms with Crippen molar-refractivity contribution in [2.24, 2.45) is 5.92 Å². The Hall–Kier alpha value is -2.15. The summed E-state index contributed by atoms with van der Waals surface area (Å²) in [6, 6.07) is 3.80. The number of carbonyl (C=O) groups excluding carboxylic acids is 2. The number of nitrogens with one attached hydrogen (secondary N) is 1. The molecule has 2 amide bonds. The number of fused-ring (bicyclic) bond motifs is 1. The summed E-state index contributed by atoms with van der Waals surface area (Å²) in [5, 5.41) is 11.2. The molecule has 0 aromatic carbocycles. The van der Waals surface area contributed by atoms with Crippen molar-refractivity contribution in [3.63, 3.8) is 0 Å². The topological polar surface area (TPSA) is 67.2 Å². The fourth-order valence-corrected chi connectivity index (χ4v) is 3.82. The highest BCUT2D eigenvalue weighted by molar-refractivity contribution is 7.08. The molecule has 1 fully saturated rings. The van der Waals surface area contributed by atoms with Gasteiger partial charge in [-0.15, -0.1) is 0 Å². The first-order valence-electron chi connectivity index (χ1n) is 8.35. The molecule has 0 radical (unpaired) electrons. The van der Waals surface area contributed by atoms with Crippen molar-refractivity contribution in [1.82, 2.24) is 20.0 Å². The van der Waals surface area contributed by atoms with Crippen LogP contribution in [0.4, 0.5) is 0 Å². The van der Waals surface area contributed by atoms with Crippen LogP contribution in [0, 0.1) is 5.92 Å². The maximum atomic E-state index is 12.4. The normalized spacial score (nSPS) is 17.2. The van der Waals surface area contributed by atoms with Gasteiger partial charge in [-0.25, -0.2) is 0 Å². The average molecular weight is 344 g/mol. The predicted molar refractivity (Wildman–Crippen MR) is 90.5 cm³/mol. The number of rotatable bonds is 4. The molecule has 2 aliphatic rings. The van der Waals surface area contributed by atoms with Crippen LogP contribution in [0.2, 0.25) is 0 Å². The van der Waals surface area contributed by atoms with Gasteiger partial charge in [0.25, 0.3) is 5.91 Å². The van der Waals surface area contributed by atoms with E-state index in [0.29, 0.717) is 24.6 Å². The molecule has 7 heteroatoms. The Balaban J connectivity index is 1.37. The summed E-state index contributed by atoms with van der Waals surface area (Å²) < 4.78 is 1.95. The Morgan fingerprint density at radius 3 is 2.92 bits per heavy atom. The minimum Gasteiger partial charge on any atom is -0.346 e. The van der Waals surface area contributed by atoms with Crippen LogP contribution in [0.5, 0.6) is 0 Å². The maximum absolute atomic E-state index is 12.4. The molecule has 1 aliphatic carbocycles. The number of nitrogens with zero attached hydrogens (tertiary/aromatic N) is 3. The molecule has 0 unspecified atom stereocenters. The largest absolute Gasteiger partial charge is 0.346 e. The molecule has 1 aliphatic heterocycles. The fraction of sp³-hybridized carbons (Fsp3) is 0.471. The van der Waals surface area contributed by atoms with E-state index < -0.39 is 0 Å². The smallest absolute Gasteiger partial charge is 0.252 e. The Morgan fingerprint density at radius 2 is 2.21 bits per heavy atom. The Bertz CT molecular complexity index is 749. The molecule has 24 heavy (non-hydrogen) atoms. The van der Waals surface area contributed by atoms with Crippen LogP contribution >= 0.6 is 11.3 Å². The summed E-state index contributed by atoms with van der Waals surface area (Å²) in [6.07, 6.45) is 3.25. The van der Waals surface area contributed by atoms with E-state index in [1.165, 1.54) is 17.8 Å². The van der Waals surface area contributed by atoms with Crippen molar-refractivity contribution < 1.29 is 9.59 Å². The van der Waals surface area contributed by atoms with Crippen LogP contribution < -0.4 is 5.32 Å². The molecule has 0 saturated heterocycles. The van der Waals surface area contributed by atoms with Crippen LogP contribution in [0.15, 0.2) is 22.9 Å². The second-order valence-electron chi connectivity index (χ2n) is 6.43. The summed E-state index contributed by atoms with van der Waals surface area (Å²) in [7, 11) is 0. The summed E-state index contributed by atoms with van der Waals surface area (Å²) in [6.45, 7) is 2.49. The Labute approximate surface area is 144 Å². The first kappa shape index (κ1) is 15.4. The SMILES string of the molecule is O=C(NCc1cc2n(n1)CCN(C(=O)C1CCC1)C2)c1ccsc1. The number of aromatic nitrogens is 2. The molecule has 126 valence electrons. The summed E-state index contributed by atoms with van der Waals surface area (Å²) in [5.41, 5.74) is 2.57. The van der Waals surface area contributed by atoms with Crippen LogP contribution in [0.1, 0.15) is 41.0 Å². The average Bonchev–Trinajstić information content (AvgIpc) is 3.19. The minimum absolute atomic E-state index is 0.0796. The van der Waals surface area contributed by atoms with Crippen molar-refractivity contribution in [3.05, 3.63) is 39.8 Å². The van der Waals surface area contributed by atoms with Crippen LogP contribution in [0.25, 0.3) is 0 Å². The van der Waals surface area contributed by atoms with Crippen molar-refractivity contribution >= 4 is 23.2 Å². The molecule has 3 heterocycles. The van der Waals surface area contributed by atoms with Gasteiger partial charge in [-0.05, 0) is 30.4 Å². The number of thiophene rings is 1. The Kier molecular flexibility index (Phi) is 4.10. The zero-order valence-corrected chi connectivity index (χ0v) is 14.2. The lowest BCUT2D eigenvalue weighted by Gasteiger charge is -2.34. The number of amides is 2. The first-order chi connectivity index (χ1) is 11.7. The van der Waals surface area contributed by atoms with E-state index in [2.05, 4.69) is 10.4 Å². The second kappa shape index (κ2) is 6.39. The lowest BCUT2D eigenvalue weighted by Crippen LogP contribution is -2.43. The van der Waals surface area contributed by atoms with Gasteiger partial charge in [-0.2, -0.15) is 16.4 Å². The maximum Gasteiger partial charge on any atom is 0.252 e. The van der Waals surface area contributed by atoms with Crippen LogP contribution in [0.3, 0.4) is 0 Å². The lowest BCUT2D eigenvalue weighted by molar-refractivity contribution is -0.139. The highest BCUT2D eigenvalue weighted by Crippen LogP contribution is 2.29. The van der Waals surface area contributed by atoms with Gasteiger partial charge in [0.2, 0.25) is 5.91 Å². The summed E-state index contributed by atoms with van der Waals surface area (Å²) >= 11 is 1.51. The van der Waals surface area contributed by atoms with E-state index in [9.17, 15) is 9.59 Å². The van der Waals surface area contributed by atoms with E-state index in [0.717, 1.165) is 37.3 Å². The van der Waals surface area contributed by atoms with Gasteiger partial charge in [-0.3, -0.25) is 14.3 Å². The zero-order valence-electron chi connectivity index (χ0n) is 13.4. The fourth-order valence-electron chi connectivity index (χ4n) is 3.18. The van der Waals surface area contributed by atoms with Crippen molar-refractivity contribution in [1.29, 1.82) is 0 Å². The highest BCUT2D eigenvalue weighted by atomic mass is 32.1.